The molecule has 0 spiro atoms. The number of Topliss-reactive ketones (excluding diaryl/α,β-unsaturated/α-hetero) is 1. The maximum Gasteiger partial charge on any atom is 0.411 e. The van der Waals surface area contributed by atoms with Gasteiger partial charge in [0.1, 0.15) is 23.7 Å². The lowest BCUT2D eigenvalue weighted by Crippen LogP contribution is -2.31. The predicted octanol–water partition coefficient (Wildman–Crippen LogP) is 14.2. The van der Waals surface area contributed by atoms with E-state index >= 15 is 0 Å². The van der Waals surface area contributed by atoms with Crippen LogP contribution in [0.5, 0.6) is 11.5 Å². The van der Waals surface area contributed by atoms with Gasteiger partial charge in [0.05, 0.1) is 52.1 Å². The fourth-order valence-electron chi connectivity index (χ4n) is 10.6. The quantitative estimate of drug-likeness (QED) is 0.0582. The Bertz CT molecular complexity index is 3580. The molecule has 0 unspecified atom stereocenters. The van der Waals surface area contributed by atoms with Crippen molar-refractivity contribution in [3.63, 3.8) is 0 Å². The normalized spacial score (nSPS) is 16.6. The van der Waals surface area contributed by atoms with Crippen molar-refractivity contribution < 1.29 is 42.9 Å². The predicted molar refractivity (Wildman–Crippen MR) is 305 cm³/mol. The Morgan fingerprint density at radius 3 is 1.29 bits per heavy atom. The van der Waals surface area contributed by atoms with Gasteiger partial charge in [-0.2, -0.15) is 0 Å². The number of hydrogen-bond donors (Lipinski definition) is 0. The van der Waals surface area contributed by atoms with Gasteiger partial charge in [-0.05, 0) is 182 Å². The molecule has 0 N–H and O–H groups in total. The van der Waals surface area contributed by atoms with E-state index in [0.29, 0.717) is 24.2 Å². The molecule has 4 heterocycles. The summed E-state index contributed by atoms with van der Waals surface area (Å²) < 4.78 is 28.0. The van der Waals surface area contributed by atoms with E-state index in [0.717, 1.165) is 101 Å². The zero-order valence-electron chi connectivity index (χ0n) is 46.2. The largest absolute Gasteiger partial charge is 0.496 e. The number of aryl methyl sites for hydroxylation is 4. The summed E-state index contributed by atoms with van der Waals surface area (Å²) in [6.07, 6.45) is 5.45. The van der Waals surface area contributed by atoms with Crippen LogP contribution in [-0.2, 0) is 27.3 Å². The van der Waals surface area contributed by atoms with E-state index in [4.69, 9.17) is 23.7 Å². The Kier molecular flexibility index (Phi) is 16.4. The van der Waals surface area contributed by atoms with Crippen LogP contribution < -0.4 is 9.47 Å². The molecular formula is C66H64N4O9. The molecule has 10 rings (SSSR count). The van der Waals surface area contributed by atoms with E-state index in [1.807, 2.05) is 120 Å². The highest BCUT2D eigenvalue weighted by Gasteiger charge is 2.41. The summed E-state index contributed by atoms with van der Waals surface area (Å²) in [6, 6.07) is 43.3. The molecule has 2 aromatic heterocycles. The molecule has 13 nitrogen and oxygen atoms in total. The van der Waals surface area contributed by atoms with E-state index in [9.17, 15) is 19.2 Å². The summed E-state index contributed by atoms with van der Waals surface area (Å²) in [5.74, 6) is 1.15. The van der Waals surface area contributed by atoms with Gasteiger partial charge in [-0.1, -0.05) is 77.9 Å². The van der Waals surface area contributed by atoms with Gasteiger partial charge in [0.25, 0.3) is 0 Å². The number of amides is 2. The van der Waals surface area contributed by atoms with Crippen LogP contribution in [0.1, 0.15) is 98.2 Å². The van der Waals surface area contributed by atoms with Gasteiger partial charge >= 0.3 is 18.2 Å². The second kappa shape index (κ2) is 23.6. The van der Waals surface area contributed by atoms with Crippen molar-refractivity contribution >= 4 is 23.9 Å². The van der Waals surface area contributed by atoms with Crippen LogP contribution in [0.25, 0.3) is 44.5 Å². The molecule has 6 aromatic carbocycles. The Labute approximate surface area is 461 Å². The number of aromatic nitrogens is 2. The lowest BCUT2D eigenvalue weighted by molar-refractivity contribution is 0.0600. The fourth-order valence-corrected chi connectivity index (χ4v) is 10.6. The summed E-state index contributed by atoms with van der Waals surface area (Å²) in [6.45, 7) is 14.5. The van der Waals surface area contributed by atoms with Crippen LogP contribution in [0.15, 0.2) is 158 Å². The zero-order chi connectivity index (χ0) is 56.1. The molecule has 13 heteroatoms. The Morgan fingerprint density at radius 1 is 0.494 bits per heavy atom. The minimum atomic E-state index is -0.366. The first-order valence-corrected chi connectivity index (χ1v) is 26.2. The van der Waals surface area contributed by atoms with Crippen molar-refractivity contribution in [2.75, 3.05) is 21.3 Å². The van der Waals surface area contributed by atoms with Gasteiger partial charge in [0.2, 0.25) is 0 Å². The van der Waals surface area contributed by atoms with Crippen molar-refractivity contribution in [2.24, 2.45) is 0 Å². The molecule has 0 bridgehead atoms. The molecule has 79 heavy (non-hydrogen) atoms. The third kappa shape index (κ3) is 11.6. The molecule has 0 saturated carbocycles. The molecule has 0 radical (unpaired) electrons. The number of pyridine rings is 2. The number of benzene rings is 6. The summed E-state index contributed by atoms with van der Waals surface area (Å²) in [5.41, 5.74) is 17.1. The summed E-state index contributed by atoms with van der Waals surface area (Å²) in [7, 11) is 4.70. The van der Waals surface area contributed by atoms with E-state index < -0.39 is 0 Å². The zero-order valence-corrected chi connectivity index (χ0v) is 46.2. The van der Waals surface area contributed by atoms with Gasteiger partial charge in [-0.3, -0.25) is 24.6 Å². The third-order valence-corrected chi connectivity index (χ3v) is 14.9. The Balaban J connectivity index is 0.000000192. The standard InChI is InChI=1S/C33H32N2O5.C33H32N2O4/c1-20-6-9-28(26(16-20)19-35-22(3)31(40-33(35)37)23-12-14-34-15-13-23)29-18-24(8-11-30(29)38-4)27-10-7-25(17-21(27)2)32(36)39-5;1-20-6-9-29(27(16-20)19-35-22(3)32(39-33(35)37)24-12-14-34-15-13-24)30-18-26(8-11-31(30)38-5)28-10-7-25(23(4)36)17-21(28)2/h6-18,22,31H,19H2,1-5H3;6-18,22,32H,19H2,1-5H3/t22-,31-;22-,32-/m00/s1. The smallest absolute Gasteiger partial charge is 0.411 e. The molecule has 2 aliphatic rings. The second-order valence-electron chi connectivity index (χ2n) is 20.2. The van der Waals surface area contributed by atoms with Crippen molar-refractivity contribution in [3.05, 3.63) is 214 Å². The number of rotatable bonds is 14. The van der Waals surface area contributed by atoms with Crippen molar-refractivity contribution in [1.29, 1.82) is 0 Å². The molecular weight excluding hydrogens is 993 g/mol. The highest BCUT2D eigenvalue weighted by molar-refractivity contribution is 5.95. The number of carbonyl (C=O) groups excluding carboxylic acids is 4. The first-order valence-electron chi connectivity index (χ1n) is 26.2. The van der Waals surface area contributed by atoms with Crippen LogP contribution in [0.4, 0.5) is 9.59 Å². The average Bonchev–Trinajstić information content (AvgIpc) is 4.03. The van der Waals surface area contributed by atoms with Crippen molar-refractivity contribution in [2.45, 2.75) is 85.8 Å². The van der Waals surface area contributed by atoms with Crippen LogP contribution in [0.2, 0.25) is 0 Å². The highest BCUT2D eigenvalue weighted by atomic mass is 16.6. The molecule has 2 aliphatic heterocycles. The Hall–Kier alpha value is -9.10. The molecule has 4 atom stereocenters. The summed E-state index contributed by atoms with van der Waals surface area (Å²) in [4.78, 5) is 61.7. The molecule has 8 aromatic rings. The Morgan fingerprint density at radius 2 is 0.899 bits per heavy atom. The summed E-state index contributed by atoms with van der Waals surface area (Å²) >= 11 is 0. The van der Waals surface area contributed by atoms with Gasteiger partial charge < -0.3 is 23.7 Å². The van der Waals surface area contributed by atoms with Gasteiger partial charge in [-0.25, -0.2) is 14.4 Å². The fraction of sp³-hybridized carbons (Fsp3) is 0.242. The first kappa shape index (κ1) is 54.7. The van der Waals surface area contributed by atoms with Crippen molar-refractivity contribution in [1.82, 2.24) is 19.8 Å². The van der Waals surface area contributed by atoms with Crippen LogP contribution >= 0.6 is 0 Å². The number of hydrogen-bond acceptors (Lipinski definition) is 11. The number of ether oxygens (including phenoxy) is 5. The van der Waals surface area contributed by atoms with E-state index in [1.54, 1.807) is 61.8 Å². The van der Waals surface area contributed by atoms with Crippen LogP contribution in [0, 0.1) is 27.7 Å². The first-order chi connectivity index (χ1) is 38.1. The maximum absolute atomic E-state index is 13.0. The minimum Gasteiger partial charge on any atom is -0.496 e. The maximum atomic E-state index is 13.0. The van der Waals surface area contributed by atoms with Gasteiger partial charge in [0.15, 0.2) is 5.78 Å². The highest BCUT2D eigenvalue weighted by Crippen LogP contribution is 2.42. The monoisotopic (exact) mass is 1060 g/mol. The van der Waals surface area contributed by atoms with Crippen LogP contribution in [-0.4, -0.2) is 77.1 Å². The van der Waals surface area contributed by atoms with E-state index in [-0.39, 0.29) is 48.2 Å². The second-order valence-corrected chi connectivity index (χ2v) is 20.2. The van der Waals surface area contributed by atoms with Gasteiger partial charge in [-0.15, -0.1) is 0 Å². The summed E-state index contributed by atoms with van der Waals surface area (Å²) in [5, 5.41) is 0. The van der Waals surface area contributed by atoms with E-state index in [1.165, 1.54) is 7.11 Å². The number of carbonyl (C=O) groups is 4. The molecule has 402 valence electrons. The average molecular weight is 1060 g/mol. The molecule has 2 amide bonds. The number of nitrogens with zero attached hydrogens (tertiary/aromatic N) is 4. The number of methoxy groups -OCH3 is 3. The SMILES string of the molecule is COC(=O)c1ccc(-c2ccc(OC)c(-c3ccc(C)cc3CN3C(=O)O[C@H](c4ccncc4)[C@@H]3C)c2)c(C)c1.COc1ccc(-c2ccc(C(C)=O)cc2C)cc1-c1ccc(C)cc1CN1C(=O)O[C@H](c2ccncc2)[C@@H]1C. The molecule has 2 saturated heterocycles. The third-order valence-electron chi connectivity index (χ3n) is 14.9. The molecule has 2 fully saturated rings. The lowest BCUT2D eigenvalue weighted by Gasteiger charge is -2.23. The van der Waals surface area contributed by atoms with Gasteiger partial charge in [0, 0.05) is 41.5 Å². The van der Waals surface area contributed by atoms with E-state index in [2.05, 4.69) is 58.5 Å². The number of ketones is 1. The topological polar surface area (TPSA) is 147 Å². The number of esters is 1. The van der Waals surface area contributed by atoms with Crippen LogP contribution in [0.3, 0.4) is 0 Å². The minimum absolute atomic E-state index is 0.0465. The van der Waals surface area contributed by atoms with Crippen molar-refractivity contribution in [3.8, 4) is 56.0 Å². The lowest BCUT2D eigenvalue weighted by atomic mass is 9.91. The molecule has 0 aliphatic carbocycles. The number of cyclic esters (lactones) is 2.